The number of rotatable bonds is 7. The van der Waals surface area contributed by atoms with E-state index < -0.39 is 0 Å². The predicted octanol–water partition coefficient (Wildman–Crippen LogP) is 4.60. The molecule has 4 aromatic rings. The van der Waals surface area contributed by atoms with E-state index in [9.17, 15) is 4.79 Å². The molecular weight excluding hydrogens is 396 g/mol. The molecule has 5 rings (SSSR count). The van der Waals surface area contributed by atoms with Crippen molar-refractivity contribution in [3.63, 3.8) is 0 Å². The van der Waals surface area contributed by atoms with Crippen molar-refractivity contribution in [3.8, 4) is 22.6 Å². The molecule has 0 bridgehead atoms. The van der Waals surface area contributed by atoms with Crippen LogP contribution in [0.1, 0.15) is 35.2 Å². The lowest BCUT2D eigenvalue weighted by Gasteiger charge is -2.02. The van der Waals surface area contributed by atoms with Crippen molar-refractivity contribution in [1.82, 2.24) is 20.4 Å². The Kier molecular flexibility index (Phi) is 5.11. The Bertz CT molecular complexity index is 1160. The molecule has 0 aliphatic heterocycles. The molecule has 2 aromatic heterocycles. The van der Waals surface area contributed by atoms with Gasteiger partial charge in [0, 0.05) is 22.4 Å². The van der Waals surface area contributed by atoms with Gasteiger partial charge >= 0.3 is 0 Å². The van der Waals surface area contributed by atoms with Crippen molar-refractivity contribution in [3.05, 3.63) is 76.4 Å². The second-order valence-electron chi connectivity index (χ2n) is 7.38. The van der Waals surface area contributed by atoms with Gasteiger partial charge in [0.05, 0.1) is 23.7 Å². The molecule has 0 spiro atoms. The summed E-state index contributed by atoms with van der Waals surface area (Å²) in [5.74, 6) is 1.45. The first kappa shape index (κ1) is 18.7. The van der Waals surface area contributed by atoms with Gasteiger partial charge in [0.25, 0.3) is 0 Å². The van der Waals surface area contributed by atoms with Crippen LogP contribution < -0.4 is 5.32 Å². The van der Waals surface area contributed by atoms with Gasteiger partial charge in [0.1, 0.15) is 0 Å². The molecule has 6 nitrogen and oxygen atoms in total. The van der Waals surface area contributed by atoms with Crippen molar-refractivity contribution in [2.45, 2.75) is 31.7 Å². The quantitative estimate of drug-likeness (QED) is 0.476. The van der Waals surface area contributed by atoms with Crippen molar-refractivity contribution in [2.75, 3.05) is 0 Å². The zero-order valence-corrected chi connectivity index (χ0v) is 17.1. The van der Waals surface area contributed by atoms with Crippen molar-refractivity contribution in [1.29, 1.82) is 0 Å². The molecule has 30 heavy (non-hydrogen) atoms. The van der Waals surface area contributed by atoms with Gasteiger partial charge in [-0.05, 0) is 24.5 Å². The van der Waals surface area contributed by atoms with E-state index >= 15 is 0 Å². The van der Waals surface area contributed by atoms with Gasteiger partial charge in [0.15, 0.2) is 0 Å². The molecule has 150 valence electrons. The van der Waals surface area contributed by atoms with Crippen LogP contribution in [0.4, 0.5) is 0 Å². The summed E-state index contributed by atoms with van der Waals surface area (Å²) in [6.07, 6.45) is 2.82. The fraction of sp³-hybridized carbons (Fsp3) is 0.217. The van der Waals surface area contributed by atoms with E-state index in [1.54, 1.807) is 11.3 Å². The maximum Gasteiger partial charge on any atom is 0.246 e. The second-order valence-corrected chi connectivity index (χ2v) is 8.27. The summed E-state index contributed by atoms with van der Waals surface area (Å²) in [5.41, 5.74) is 3.85. The Hall–Kier alpha value is -3.32. The number of amides is 1. The van der Waals surface area contributed by atoms with Gasteiger partial charge in [-0.3, -0.25) is 4.79 Å². The molecule has 0 unspecified atom stereocenters. The molecule has 7 heteroatoms. The van der Waals surface area contributed by atoms with E-state index in [0.717, 1.165) is 22.4 Å². The highest BCUT2D eigenvalue weighted by atomic mass is 32.1. The van der Waals surface area contributed by atoms with Gasteiger partial charge in [-0.2, -0.15) is 4.98 Å². The third kappa shape index (κ3) is 4.31. The highest BCUT2D eigenvalue weighted by Gasteiger charge is 2.26. The predicted molar refractivity (Wildman–Crippen MR) is 115 cm³/mol. The standard InChI is InChI=1S/C23H20N4O2S/c28-20(11-15-5-2-1-3-6-15)24-13-21-26-22(27-29-21)18-8-4-7-17(12-18)19-14-30-23(25-19)16-9-10-16/h1-8,12,14,16H,9-11,13H2,(H,24,28). The van der Waals surface area contributed by atoms with Gasteiger partial charge in [-0.1, -0.05) is 53.7 Å². The van der Waals surface area contributed by atoms with E-state index in [0.29, 0.717) is 24.1 Å². The molecule has 1 aliphatic carbocycles. The lowest BCUT2D eigenvalue weighted by molar-refractivity contribution is -0.120. The Morgan fingerprint density at radius 3 is 2.73 bits per heavy atom. The molecule has 0 atom stereocenters. The van der Waals surface area contributed by atoms with Crippen LogP contribution in [0, 0.1) is 0 Å². The second kappa shape index (κ2) is 8.20. The van der Waals surface area contributed by atoms with Crippen LogP contribution in [0.2, 0.25) is 0 Å². The SMILES string of the molecule is O=C(Cc1ccccc1)NCc1nc(-c2cccc(-c3csc(C4CC4)n3)c2)no1. The van der Waals surface area contributed by atoms with Crippen LogP contribution in [0.25, 0.3) is 22.6 Å². The van der Waals surface area contributed by atoms with Crippen LogP contribution in [-0.2, 0) is 17.8 Å². The normalized spacial score (nSPS) is 13.3. The Labute approximate surface area is 178 Å². The molecule has 1 N–H and O–H groups in total. The Balaban J connectivity index is 1.24. The maximum absolute atomic E-state index is 12.1. The zero-order chi connectivity index (χ0) is 20.3. The zero-order valence-electron chi connectivity index (χ0n) is 16.2. The lowest BCUT2D eigenvalue weighted by Crippen LogP contribution is -2.24. The smallest absolute Gasteiger partial charge is 0.246 e. The molecular formula is C23H20N4O2S. The number of nitrogens with one attached hydrogen (secondary N) is 1. The molecule has 0 saturated heterocycles. The minimum Gasteiger partial charge on any atom is -0.347 e. The lowest BCUT2D eigenvalue weighted by atomic mass is 10.1. The highest BCUT2D eigenvalue weighted by molar-refractivity contribution is 7.10. The molecule has 0 radical (unpaired) electrons. The fourth-order valence-corrected chi connectivity index (χ4v) is 4.22. The number of carbonyl (C=O) groups excluding carboxylic acids is 1. The summed E-state index contributed by atoms with van der Waals surface area (Å²) in [4.78, 5) is 21.3. The van der Waals surface area contributed by atoms with E-state index in [4.69, 9.17) is 9.51 Å². The van der Waals surface area contributed by atoms with Gasteiger partial charge in [-0.25, -0.2) is 4.98 Å². The Morgan fingerprint density at radius 2 is 1.90 bits per heavy atom. The van der Waals surface area contributed by atoms with Crippen LogP contribution >= 0.6 is 11.3 Å². The summed E-state index contributed by atoms with van der Waals surface area (Å²) in [7, 11) is 0. The van der Waals surface area contributed by atoms with Gasteiger partial charge in [-0.15, -0.1) is 11.3 Å². The number of nitrogens with zero attached hydrogens (tertiary/aromatic N) is 3. The molecule has 1 saturated carbocycles. The number of aromatic nitrogens is 3. The number of benzene rings is 2. The number of hydrogen-bond acceptors (Lipinski definition) is 6. The fourth-order valence-electron chi connectivity index (χ4n) is 3.22. The van der Waals surface area contributed by atoms with E-state index in [-0.39, 0.29) is 12.5 Å². The van der Waals surface area contributed by atoms with Crippen molar-refractivity contribution < 1.29 is 9.32 Å². The Morgan fingerprint density at radius 1 is 1.07 bits per heavy atom. The summed E-state index contributed by atoms with van der Waals surface area (Å²) < 4.78 is 5.32. The first-order valence-corrected chi connectivity index (χ1v) is 10.8. The average Bonchev–Trinajstić information content (AvgIpc) is 3.32. The van der Waals surface area contributed by atoms with E-state index in [1.807, 2.05) is 54.6 Å². The summed E-state index contributed by atoms with van der Waals surface area (Å²) in [6, 6.07) is 17.6. The first-order chi connectivity index (χ1) is 14.7. The van der Waals surface area contributed by atoms with Crippen LogP contribution in [0.15, 0.2) is 64.5 Å². The monoisotopic (exact) mass is 416 g/mol. The molecule has 2 heterocycles. The third-order valence-electron chi connectivity index (χ3n) is 4.98. The van der Waals surface area contributed by atoms with Gasteiger partial charge in [0.2, 0.25) is 17.6 Å². The van der Waals surface area contributed by atoms with E-state index in [1.165, 1.54) is 17.8 Å². The number of hydrogen-bond donors (Lipinski definition) is 1. The number of thiazole rings is 1. The number of carbonyl (C=O) groups is 1. The van der Waals surface area contributed by atoms with Crippen molar-refractivity contribution in [2.24, 2.45) is 0 Å². The van der Waals surface area contributed by atoms with Crippen LogP contribution in [0.3, 0.4) is 0 Å². The summed E-state index contributed by atoms with van der Waals surface area (Å²) in [5, 5.41) is 10.2. The summed E-state index contributed by atoms with van der Waals surface area (Å²) in [6.45, 7) is 0.204. The first-order valence-electron chi connectivity index (χ1n) is 9.94. The minimum absolute atomic E-state index is 0.0852. The maximum atomic E-state index is 12.1. The topological polar surface area (TPSA) is 80.9 Å². The van der Waals surface area contributed by atoms with E-state index in [2.05, 4.69) is 20.8 Å². The minimum atomic E-state index is -0.0852. The molecule has 1 fully saturated rings. The summed E-state index contributed by atoms with van der Waals surface area (Å²) >= 11 is 1.73. The highest BCUT2D eigenvalue weighted by Crippen LogP contribution is 2.42. The van der Waals surface area contributed by atoms with Crippen LogP contribution in [-0.4, -0.2) is 21.0 Å². The van der Waals surface area contributed by atoms with Crippen molar-refractivity contribution >= 4 is 17.2 Å². The van der Waals surface area contributed by atoms with Gasteiger partial charge < -0.3 is 9.84 Å². The average molecular weight is 417 g/mol. The molecule has 1 amide bonds. The largest absolute Gasteiger partial charge is 0.347 e. The third-order valence-corrected chi connectivity index (χ3v) is 5.98. The molecule has 2 aromatic carbocycles. The van der Waals surface area contributed by atoms with Crippen LogP contribution in [0.5, 0.6) is 0 Å². The molecule has 1 aliphatic rings.